The number of nitrogens with one attached hydrogen (secondary N) is 1. The molecular weight excluding hydrogens is 359 g/mol. The second-order valence-electron chi connectivity index (χ2n) is 5.40. The monoisotopic (exact) mass is 372 g/mol. The summed E-state index contributed by atoms with van der Waals surface area (Å²) in [5.41, 5.74) is 1.18. The highest BCUT2D eigenvalue weighted by Crippen LogP contribution is 2.31. The molecule has 0 spiro atoms. The molecular formula is C17H13FN4OS2. The van der Waals surface area contributed by atoms with E-state index in [1.165, 1.54) is 23.9 Å². The number of carbonyl (C=O) groups excluding carboxylic acids is 1. The smallest absolute Gasteiger partial charge is 0.237 e. The Balaban J connectivity index is 1.58. The molecule has 0 bridgehead atoms. The van der Waals surface area contributed by atoms with Crippen molar-refractivity contribution in [3.8, 4) is 0 Å². The molecule has 5 nitrogen and oxygen atoms in total. The van der Waals surface area contributed by atoms with Gasteiger partial charge < -0.3 is 5.32 Å². The van der Waals surface area contributed by atoms with Crippen molar-refractivity contribution in [3.63, 3.8) is 0 Å². The van der Waals surface area contributed by atoms with Crippen LogP contribution < -0.4 is 5.32 Å². The molecule has 0 radical (unpaired) electrons. The summed E-state index contributed by atoms with van der Waals surface area (Å²) in [7, 11) is 0. The van der Waals surface area contributed by atoms with E-state index in [0.29, 0.717) is 5.16 Å². The molecule has 0 saturated carbocycles. The van der Waals surface area contributed by atoms with Gasteiger partial charge in [-0.2, -0.15) is 0 Å². The fraction of sp³-hybridized carbons (Fsp3) is 0.118. The first-order chi connectivity index (χ1) is 12.1. The Morgan fingerprint density at radius 3 is 2.80 bits per heavy atom. The largest absolute Gasteiger partial charge is 0.323 e. The Morgan fingerprint density at radius 2 is 1.96 bits per heavy atom. The van der Waals surface area contributed by atoms with Gasteiger partial charge in [0.2, 0.25) is 10.9 Å². The lowest BCUT2D eigenvalue weighted by atomic mass is 10.3. The van der Waals surface area contributed by atoms with Crippen molar-refractivity contribution >= 4 is 49.9 Å². The summed E-state index contributed by atoms with van der Waals surface area (Å²) in [5.74, 6) is -0.742. The lowest BCUT2D eigenvalue weighted by Crippen LogP contribution is -2.23. The van der Waals surface area contributed by atoms with Gasteiger partial charge in [-0.25, -0.2) is 4.39 Å². The van der Waals surface area contributed by atoms with Crippen LogP contribution in [0.4, 0.5) is 10.1 Å². The zero-order chi connectivity index (χ0) is 17.4. The first-order valence-electron chi connectivity index (χ1n) is 7.58. The van der Waals surface area contributed by atoms with Gasteiger partial charge in [-0.1, -0.05) is 47.4 Å². The topological polar surface area (TPSA) is 59.3 Å². The van der Waals surface area contributed by atoms with Crippen molar-refractivity contribution in [2.75, 3.05) is 5.32 Å². The van der Waals surface area contributed by atoms with Gasteiger partial charge in [0, 0.05) is 0 Å². The molecule has 2 heterocycles. The number of amides is 1. The molecule has 25 heavy (non-hydrogen) atoms. The van der Waals surface area contributed by atoms with Crippen molar-refractivity contribution in [1.82, 2.24) is 14.6 Å². The summed E-state index contributed by atoms with van der Waals surface area (Å²) in [6.45, 7) is 1.76. The number of benzene rings is 2. The highest BCUT2D eigenvalue weighted by atomic mass is 32.2. The second-order valence-corrected chi connectivity index (χ2v) is 7.72. The number of carbonyl (C=O) groups is 1. The van der Waals surface area contributed by atoms with Crippen molar-refractivity contribution in [1.29, 1.82) is 0 Å². The number of para-hydroxylation sites is 2. The molecule has 0 aliphatic heterocycles. The van der Waals surface area contributed by atoms with Crippen molar-refractivity contribution < 1.29 is 9.18 Å². The second kappa shape index (κ2) is 6.45. The average Bonchev–Trinajstić information content (AvgIpc) is 3.16. The van der Waals surface area contributed by atoms with E-state index in [1.807, 2.05) is 28.7 Å². The fourth-order valence-corrected chi connectivity index (χ4v) is 4.32. The van der Waals surface area contributed by atoms with Gasteiger partial charge in [0.05, 0.1) is 21.2 Å². The van der Waals surface area contributed by atoms with Gasteiger partial charge in [-0.3, -0.25) is 9.20 Å². The van der Waals surface area contributed by atoms with E-state index in [2.05, 4.69) is 15.5 Å². The van der Waals surface area contributed by atoms with E-state index in [-0.39, 0.29) is 11.6 Å². The third-order valence-electron chi connectivity index (χ3n) is 3.69. The predicted molar refractivity (Wildman–Crippen MR) is 98.7 cm³/mol. The number of rotatable bonds is 4. The molecule has 4 rings (SSSR count). The zero-order valence-electron chi connectivity index (χ0n) is 13.1. The Bertz CT molecular complexity index is 1070. The van der Waals surface area contributed by atoms with Crippen molar-refractivity contribution in [2.45, 2.75) is 17.3 Å². The van der Waals surface area contributed by atoms with Gasteiger partial charge >= 0.3 is 0 Å². The molecule has 8 heteroatoms. The average molecular weight is 372 g/mol. The Morgan fingerprint density at radius 1 is 1.20 bits per heavy atom. The van der Waals surface area contributed by atoms with Gasteiger partial charge in [0.1, 0.15) is 5.82 Å². The molecule has 0 unspecified atom stereocenters. The molecule has 4 aromatic rings. The van der Waals surface area contributed by atoms with Gasteiger partial charge in [0.25, 0.3) is 0 Å². The number of aromatic nitrogens is 3. The fourth-order valence-electron chi connectivity index (χ4n) is 2.44. The van der Waals surface area contributed by atoms with Crippen LogP contribution in [0.1, 0.15) is 6.92 Å². The molecule has 0 saturated heterocycles. The molecule has 1 atom stereocenters. The number of hydrogen-bond acceptors (Lipinski definition) is 5. The van der Waals surface area contributed by atoms with Crippen LogP contribution in [0.15, 0.2) is 53.7 Å². The molecule has 126 valence electrons. The van der Waals surface area contributed by atoms with Crippen LogP contribution in [-0.4, -0.2) is 25.8 Å². The minimum Gasteiger partial charge on any atom is -0.323 e. The SMILES string of the molecule is C[C@@H](Sc1nnc2sc3ccccc3n12)C(=O)Nc1ccccc1F. The summed E-state index contributed by atoms with van der Waals surface area (Å²) in [5, 5.41) is 11.2. The first kappa shape index (κ1) is 16.0. The van der Waals surface area contributed by atoms with Crippen LogP contribution in [0.25, 0.3) is 15.2 Å². The Labute approximate surface area is 150 Å². The number of thioether (sulfide) groups is 1. The number of nitrogens with zero attached hydrogens (tertiary/aromatic N) is 3. The Kier molecular flexibility index (Phi) is 4.14. The molecule has 1 amide bonds. The highest BCUT2D eigenvalue weighted by Gasteiger charge is 2.20. The van der Waals surface area contributed by atoms with Crippen LogP contribution >= 0.6 is 23.1 Å². The van der Waals surface area contributed by atoms with E-state index >= 15 is 0 Å². The maximum Gasteiger partial charge on any atom is 0.237 e. The number of halogens is 1. The number of hydrogen-bond donors (Lipinski definition) is 1. The summed E-state index contributed by atoms with van der Waals surface area (Å²) >= 11 is 2.84. The highest BCUT2D eigenvalue weighted by molar-refractivity contribution is 8.00. The van der Waals surface area contributed by atoms with Crippen LogP contribution in [0.3, 0.4) is 0 Å². The van der Waals surface area contributed by atoms with Crippen molar-refractivity contribution in [2.24, 2.45) is 0 Å². The van der Waals surface area contributed by atoms with Crippen LogP contribution in [0.2, 0.25) is 0 Å². The van der Waals surface area contributed by atoms with Gasteiger partial charge in [-0.05, 0) is 31.2 Å². The van der Waals surface area contributed by atoms with E-state index in [4.69, 9.17) is 0 Å². The zero-order valence-corrected chi connectivity index (χ0v) is 14.8. The van der Waals surface area contributed by atoms with E-state index in [9.17, 15) is 9.18 Å². The summed E-state index contributed by atoms with van der Waals surface area (Å²) < 4.78 is 16.7. The Hall–Kier alpha value is -2.45. The van der Waals surface area contributed by atoms with Crippen LogP contribution in [0.5, 0.6) is 0 Å². The van der Waals surface area contributed by atoms with E-state index < -0.39 is 11.1 Å². The van der Waals surface area contributed by atoms with Crippen LogP contribution in [0, 0.1) is 5.82 Å². The number of fused-ring (bicyclic) bond motifs is 3. The maximum atomic E-state index is 13.7. The quantitative estimate of drug-likeness (QED) is 0.546. The lowest BCUT2D eigenvalue weighted by Gasteiger charge is -2.11. The molecule has 1 N–H and O–H groups in total. The van der Waals surface area contributed by atoms with Crippen molar-refractivity contribution in [3.05, 3.63) is 54.3 Å². The van der Waals surface area contributed by atoms with Gasteiger partial charge in [0.15, 0.2) is 5.16 Å². The standard InChI is InChI=1S/C17H13FN4OS2/c1-10(15(23)19-12-7-3-2-6-11(12)18)24-16-20-21-17-22(16)13-8-4-5-9-14(13)25-17/h2-10H,1H3,(H,19,23)/t10-/m1/s1. The minimum atomic E-state index is -0.457. The first-order valence-corrected chi connectivity index (χ1v) is 9.28. The van der Waals surface area contributed by atoms with Gasteiger partial charge in [-0.15, -0.1) is 10.2 Å². The summed E-state index contributed by atoms with van der Waals surface area (Å²) in [4.78, 5) is 13.2. The summed E-state index contributed by atoms with van der Waals surface area (Å²) in [6, 6.07) is 14.1. The van der Waals surface area contributed by atoms with E-state index in [0.717, 1.165) is 15.2 Å². The number of anilines is 1. The summed E-state index contributed by atoms with van der Waals surface area (Å²) in [6.07, 6.45) is 0. The lowest BCUT2D eigenvalue weighted by molar-refractivity contribution is -0.115. The normalized spacial score (nSPS) is 12.6. The predicted octanol–water partition coefficient (Wildman–Crippen LogP) is 4.20. The van der Waals surface area contributed by atoms with E-state index in [1.54, 1.807) is 30.4 Å². The molecule has 2 aromatic heterocycles. The minimum absolute atomic E-state index is 0.173. The number of thiazole rings is 1. The van der Waals surface area contributed by atoms with Crippen LogP contribution in [-0.2, 0) is 4.79 Å². The molecule has 2 aromatic carbocycles. The third kappa shape index (κ3) is 2.98. The molecule has 0 aliphatic rings. The third-order valence-corrected chi connectivity index (χ3v) is 5.75. The molecule has 0 aliphatic carbocycles. The molecule has 0 fully saturated rings. The maximum absolute atomic E-state index is 13.7.